The summed E-state index contributed by atoms with van der Waals surface area (Å²) in [6.45, 7) is 0. The zero-order valence-corrected chi connectivity index (χ0v) is 13.5. The van der Waals surface area contributed by atoms with E-state index in [1.165, 1.54) is 51.8 Å². The molecule has 0 saturated carbocycles. The van der Waals surface area contributed by atoms with Crippen LogP contribution in [0.1, 0.15) is 15.9 Å². The number of carbonyl (C=O) groups excluding carboxylic acids is 1. The largest absolute Gasteiger partial charge is 0.493 e. The van der Waals surface area contributed by atoms with Gasteiger partial charge in [-0.15, -0.1) is 0 Å². The van der Waals surface area contributed by atoms with Crippen molar-refractivity contribution in [2.45, 2.75) is 0 Å². The first-order valence-corrected chi connectivity index (χ1v) is 6.98. The highest BCUT2D eigenvalue weighted by atomic mass is 19.1. The summed E-state index contributed by atoms with van der Waals surface area (Å²) in [4.78, 5) is 12.2. The second kappa shape index (κ2) is 7.96. The van der Waals surface area contributed by atoms with E-state index < -0.39 is 5.91 Å². The monoisotopic (exact) mass is 332 g/mol. The van der Waals surface area contributed by atoms with Gasteiger partial charge in [-0.2, -0.15) is 5.10 Å². The van der Waals surface area contributed by atoms with E-state index >= 15 is 0 Å². The van der Waals surface area contributed by atoms with Crippen LogP contribution in [0.2, 0.25) is 0 Å². The Morgan fingerprint density at radius 2 is 1.62 bits per heavy atom. The van der Waals surface area contributed by atoms with E-state index in [4.69, 9.17) is 14.2 Å². The summed E-state index contributed by atoms with van der Waals surface area (Å²) in [6, 6.07) is 8.74. The molecule has 24 heavy (non-hydrogen) atoms. The molecule has 0 atom stereocenters. The van der Waals surface area contributed by atoms with E-state index in [1.54, 1.807) is 12.1 Å². The van der Waals surface area contributed by atoms with Crippen LogP contribution in [0.15, 0.2) is 41.5 Å². The van der Waals surface area contributed by atoms with Crippen molar-refractivity contribution in [2.75, 3.05) is 21.3 Å². The first kappa shape index (κ1) is 17.3. The minimum atomic E-state index is -0.451. The van der Waals surface area contributed by atoms with Crippen molar-refractivity contribution in [2.24, 2.45) is 5.10 Å². The van der Waals surface area contributed by atoms with E-state index in [9.17, 15) is 9.18 Å². The van der Waals surface area contributed by atoms with Gasteiger partial charge in [-0.1, -0.05) is 12.1 Å². The Morgan fingerprint density at radius 3 is 2.12 bits per heavy atom. The van der Waals surface area contributed by atoms with Gasteiger partial charge in [0.25, 0.3) is 5.91 Å². The highest BCUT2D eigenvalue weighted by Crippen LogP contribution is 2.38. The molecule has 0 aliphatic rings. The van der Waals surface area contributed by atoms with Gasteiger partial charge in [0.15, 0.2) is 11.5 Å². The smallest absolute Gasteiger partial charge is 0.271 e. The zero-order chi connectivity index (χ0) is 17.5. The molecule has 0 aromatic heterocycles. The Labute approximate surface area is 138 Å². The van der Waals surface area contributed by atoms with E-state index in [0.29, 0.717) is 28.4 Å². The number of carbonyl (C=O) groups is 1. The van der Waals surface area contributed by atoms with Crippen molar-refractivity contribution in [1.29, 1.82) is 0 Å². The van der Waals surface area contributed by atoms with Crippen LogP contribution in [0.4, 0.5) is 4.39 Å². The summed E-state index contributed by atoms with van der Waals surface area (Å²) >= 11 is 0. The Kier molecular flexibility index (Phi) is 5.73. The van der Waals surface area contributed by atoms with Gasteiger partial charge in [-0.05, 0) is 29.8 Å². The number of ether oxygens (including phenoxy) is 3. The second-order valence-electron chi connectivity index (χ2n) is 4.66. The third-order valence-electron chi connectivity index (χ3n) is 3.18. The van der Waals surface area contributed by atoms with Gasteiger partial charge in [0, 0.05) is 5.56 Å². The molecule has 7 heteroatoms. The van der Waals surface area contributed by atoms with E-state index in [2.05, 4.69) is 10.5 Å². The molecule has 2 aromatic rings. The van der Waals surface area contributed by atoms with Crippen molar-refractivity contribution >= 4 is 12.1 Å². The lowest BCUT2D eigenvalue weighted by molar-refractivity contribution is 0.0954. The third kappa shape index (κ3) is 4.01. The van der Waals surface area contributed by atoms with Crippen molar-refractivity contribution in [1.82, 2.24) is 5.43 Å². The number of hydrogen-bond acceptors (Lipinski definition) is 5. The van der Waals surface area contributed by atoms with Gasteiger partial charge < -0.3 is 14.2 Å². The molecular formula is C17H17FN2O4. The molecule has 2 aromatic carbocycles. The van der Waals surface area contributed by atoms with Crippen LogP contribution in [0, 0.1) is 5.82 Å². The van der Waals surface area contributed by atoms with Crippen molar-refractivity contribution in [3.8, 4) is 17.2 Å². The number of methoxy groups -OCH3 is 3. The molecule has 0 unspecified atom stereocenters. The quantitative estimate of drug-likeness (QED) is 0.652. The number of benzene rings is 2. The summed E-state index contributed by atoms with van der Waals surface area (Å²) in [5.74, 6) is 0.335. The molecule has 0 aliphatic carbocycles. The maximum Gasteiger partial charge on any atom is 0.271 e. The summed E-state index contributed by atoms with van der Waals surface area (Å²) in [7, 11) is 4.41. The Bertz CT molecular complexity index is 720. The highest BCUT2D eigenvalue weighted by molar-refractivity contribution is 5.96. The molecule has 0 bridgehead atoms. The lowest BCUT2D eigenvalue weighted by Gasteiger charge is -2.13. The molecule has 1 amide bonds. The normalized spacial score (nSPS) is 10.5. The molecule has 0 heterocycles. The number of nitrogens with one attached hydrogen (secondary N) is 1. The third-order valence-corrected chi connectivity index (χ3v) is 3.18. The molecule has 1 N–H and O–H groups in total. The zero-order valence-electron chi connectivity index (χ0n) is 13.5. The maximum absolute atomic E-state index is 12.8. The van der Waals surface area contributed by atoms with Gasteiger partial charge >= 0.3 is 0 Å². The van der Waals surface area contributed by atoms with Crippen molar-refractivity contribution in [3.63, 3.8) is 0 Å². The second-order valence-corrected chi connectivity index (χ2v) is 4.66. The molecule has 126 valence electrons. The number of hydrazone groups is 1. The first-order valence-electron chi connectivity index (χ1n) is 6.98. The molecule has 0 spiro atoms. The highest BCUT2D eigenvalue weighted by Gasteiger charge is 2.16. The minimum Gasteiger partial charge on any atom is -0.493 e. The van der Waals surface area contributed by atoms with Crippen LogP contribution in [0.3, 0.4) is 0 Å². The van der Waals surface area contributed by atoms with Crippen LogP contribution in [0.5, 0.6) is 17.2 Å². The van der Waals surface area contributed by atoms with Gasteiger partial charge in [-0.3, -0.25) is 4.79 Å². The lowest BCUT2D eigenvalue weighted by atomic mass is 10.1. The molecule has 6 nitrogen and oxygen atoms in total. The average Bonchev–Trinajstić information content (AvgIpc) is 2.61. The number of nitrogens with zero attached hydrogens (tertiary/aromatic N) is 1. The molecule has 0 radical (unpaired) electrons. The van der Waals surface area contributed by atoms with E-state index in [0.717, 1.165) is 0 Å². The first-order chi connectivity index (χ1) is 11.6. The van der Waals surface area contributed by atoms with Gasteiger partial charge in [-0.25, -0.2) is 9.82 Å². The maximum atomic E-state index is 12.8. The molecule has 2 rings (SSSR count). The van der Waals surface area contributed by atoms with Crippen LogP contribution in [-0.2, 0) is 0 Å². The number of hydrogen-bond donors (Lipinski definition) is 1. The summed E-state index contributed by atoms with van der Waals surface area (Å²) < 4.78 is 28.4. The van der Waals surface area contributed by atoms with Gasteiger partial charge in [0.1, 0.15) is 5.82 Å². The molecule has 0 aliphatic heterocycles. The topological polar surface area (TPSA) is 69.2 Å². The fourth-order valence-corrected chi connectivity index (χ4v) is 1.99. The van der Waals surface area contributed by atoms with Crippen LogP contribution in [0.25, 0.3) is 0 Å². The fourth-order valence-electron chi connectivity index (χ4n) is 1.99. The Hall–Kier alpha value is -3.09. The summed E-state index contributed by atoms with van der Waals surface area (Å²) in [5, 5.41) is 3.84. The number of rotatable bonds is 6. The van der Waals surface area contributed by atoms with Crippen LogP contribution >= 0.6 is 0 Å². The molecule has 0 saturated heterocycles. The average molecular weight is 332 g/mol. The van der Waals surface area contributed by atoms with E-state index in [1.807, 2.05) is 0 Å². The Balaban J connectivity index is 2.15. The van der Waals surface area contributed by atoms with Crippen LogP contribution in [-0.4, -0.2) is 33.5 Å². The lowest BCUT2D eigenvalue weighted by Crippen LogP contribution is -2.18. The predicted octanol–water partition coefficient (Wildman–Crippen LogP) is 2.62. The molecule has 0 fully saturated rings. The standard InChI is InChI=1S/C17H17FN2O4/c1-22-14-8-12(9-15(23-2)16(14)24-3)17(21)20-19-10-11-4-6-13(18)7-5-11/h4-10H,1-3H3,(H,20,21)/b19-10+. The predicted molar refractivity (Wildman–Crippen MR) is 87.6 cm³/mol. The minimum absolute atomic E-state index is 0.292. The number of amides is 1. The van der Waals surface area contributed by atoms with Crippen LogP contribution < -0.4 is 19.6 Å². The van der Waals surface area contributed by atoms with Gasteiger partial charge in [0.05, 0.1) is 27.5 Å². The summed E-state index contributed by atoms with van der Waals surface area (Å²) in [6.07, 6.45) is 1.41. The number of halogens is 1. The Morgan fingerprint density at radius 1 is 1.04 bits per heavy atom. The summed E-state index contributed by atoms with van der Waals surface area (Å²) in [5.41, 5.74) is 3.33. The van der Waals surface area contributed by atoms with Gasteiger partial charge in [0.2, 0.25) is 5.75 Å². The fraction of sp³-hybridized carbons (Fsp3) is 0.176. The molecular weight excluding hydrogens is 315 g/mol. The SMILES string of the molecule is COc1cc(C(=O)N/N=C/c2ccc(F)cc2)cc(OC)c1OC. The van der Waals surface area contributed by atoms with E-state index in [-0.39, 0.29) is 5.82 Å². The van der Waals surface area contributed by atoms with Crippen molar-refractivity contribution in [3.05, 3.63) is 53.3 Å². The van der Waals surface area contributed by atoms with Crippen molar-refractivity contribution < 1.29 is 23.4 Å².